The van der Waals surface area contributed by atoms with E-state index in [1.165, 1.54) is 37.6 Å². The van der Waals surface area contributed by atoms with Gasteiger partial charge in [0.25, 0.3) is 5.91 Å². The second-order valence-electron chi connectivity index (χ2n) is 3.89. The Balaban J connectivity index is 2.56. The molecule has 0 radical (unpaired) electrons. The number of oxime groups is 1. The molecule has 120 valence electrons. The first-order valence-corrected chi connectivity index (χ1v) is 6.22. The van der Waals surface area contributed by atoms with Crippen LogP contribution < -0.4 is 14.8 Å². The van der Waals surface area contributed by atoms with Gasteiger partial charge in [0.15, 0.2) is 18.1 Å². The van der Waals surface area contributed by atoms with E-state index in [4.69, 9.17) is 9.57 Å². The van der Waals surface area contributed by atoms with Crippen LogP contribution in [0.5, 0.6) is 11.5 Å². The highest BCUT2D eigenvalue weighted by Gasteiger charge is 2.10. The Morgan fingerprint density at radius 1 is 1.45 bits per heavy atom. The largest absolute Gasteiger partial charge is 0.493 e. The zero-order chi connectivity index (χ0) is 16.4. The molecule has 0 saturated heterocycles. The molecule has 0 unspecified atom stereocenters. The summed E-state index contributed by atoms with van der Waals surface area (Å²) < 4.78 is 33.6. The summed E-state index contributed by atoms with van der Waals surface area (Å²) in [7, 11) is 1.33. The minimum atomic E-state index is -2.94. The van der Waals surface area contributed by atoms with Gasteiger partial charge in [0.1, 0.15) is 0 Å². The number of alkyl halides is 2. The second kappa shape index (κ2) is 9.32. The molecular weight excluding hydrogens is 298 g/mol. The molecule has 6 nitrogen and oxygen atoms in total. The topological polar surface area (TPSA) is 69.2 Å². The van der Waals surface area contributed by atoms with E-state index in [1.54, 1.807) is 0 Å². The Kier molecular flexibility index (Phi) is 7.38. The fourth-order valence-electron chi connectivity index (χ4n) is 1.39. The number of carbonyl (C=O) groups is 1. The Morgan fingerprint density at radius 3 is 2.86 bits per heavy atom. The lowest BCUT2D eigenvalue weighted by molar-refractivity contribution is -0.125. The number of nitrogens with zero attached hydrogens (tertiary/aromatic N) is 1. The van der Waals surface area contributed by atoms with Crippen LogP contribution >= 0.6 is 0 Å². The van der Waals surface area contributed by atoms with Crippen LogP contribution in [0.4, 0.5) is 8.78 Å². The van der Waals surface area contributed by atoms with Gasteiger partial charge in [-0.05, 0) is 18.2 Å². The predicted octanol–water partition coefficient (Wildman–Crippen LogP) is 1.95. The first-order chi connectivity index (χ1) is 10.6. The van der Waals surface area contributed by atoms with Crippen molar-refractivity contribution in [3.8, 4) is 11.5 Å². The van der Waals surface area contributed by atoms with Gasteiger partial charge in [0.05, 0.1) is 13.3 Å². The summed E-state index contributed by atoms with van der Waals surface area (Å²) in [5.41, 5.74) is 0.532. The van der Waals surface area contributed by atoms with Crippen molar-refractivity contribution in [1.82, 2.24) is 5.32 Å². The van der Waals surface area contributed by atoms with Gasteiger partial charge in [0.2, 0.25) is 0 Å². The third-order valence-electron chi connectivity index (χ3n) is 2.32. The van der Waals surface area contributed by atoms with E-state index in [0.29, 0.717) is 12.1 Å². The maximum absolute atomic E-state index is 12.2. The summed E-state index contributed by atoms with van der Waals surface area (Å²) in [5.74, 6) is -0.289. The quantitative estimate of drug-likeness (QED) is 0.430. The molecule has 0 aliphatic heterocycles. The number of rotatable bonds is 9. The Morgan fingerprint density at radius 2 is 2.23 bits per heavy atom. The van der Waals surface area contributed by atoms with Crippen molar-refractivity contribution in [2.24, 2.45) is 5.16 Å². The summed E-state index contributed by atoms with van der Waals surface area (Å²) >= 11 is 0. The summed E-state index contributed by atoms with van der Waals surface area (Å²) in [4.78, 5) is 16.0. The van der Waals surface area contributed by atoms with Gasteiger partial charge in [-0.3, -0.25) is 4.79 Å². The SMILES string of the molecule is C=CCNC(=O)CON=Cc1ccc(OC(F)F)c(OC)c1. The minimum absolute atomic E-state index is 0.0839. The molecule has 22 heavy (non-hydrogen) atoms. The molecule has 0 saturated carbocycles. The predicted molar refractivity (Wildman–Crippen MR) is 76.4 cm³/mol. The summed E-state index contributed by atoms with van der Waals surface area (Å²) in [6.07, 6.45) is 2.85. The van der Waals surface area contributed by atoms with Gasteiger partial charge in [-0.1, -0.05) is 11.2 Å². The van der Waals surface area contributed by atoms with Crippen molar-refractivity contribution >= 4 is 12.1 Å². The number of methoxy groups -OCH3 is 1. The number of nitrogens with one attached hydrogen (secondary N) is 1. The normalized spacial score (nSPS) is 10.5. The molecule has 0 aromatic heterocycles. The molecule has 1 rings (SSSR count). The fourth-order valence-corrected chi connectivity index (χ4v) is 1.39. The molecule has 0 fully saturated rings. The van der Waals surface area contributed by atoms with Crippen LogP contribution in [0.1, 0.15) is 5.56 Å². The molecule has 1 aromatic carbocycles. The van der Waals surface area contributed by atoms with E-state index >= 15 is 0 Å². The Hall–Kier alpha value is -2.64. The lowest BCUT2D eigenvalue weighted by Gasteiger charge is -2.09. The molecular formula is C14H16F2N2O4. The second-order valence-corrected chi connectivity index (χ2v) is 3.89. The lowest BCUT2D eigenvalue weighted by atomic mass is 10.2. The van der Waals surface area contributed by atoms with E-state index in [9.17, 15) is 13.6 Å². The van der Waals surface area contributed by atoms with Gasteiger partial charge in [0, 0.05) is 12.1 Å². The van der Waals surface area contributed by atoms with Crippen molar-refractivity contribution in [2.45, 2.75) is 6.61 Å². The number of hydrogen-bond donors (Lipinski definition) is 1. The van der Waals surface area contributed by atoms with Crippen molar-refractivity contribution in [3.63, 3.8) is 0 Å². The van der Waals surface area contributed by atoms with E-state index in [1.807, 2.05) is 0 Å². The Labute approximate surface area is 126 Å². The molecule has 8 heteroatoms. The maximum Gasteiger partial charge on any atom is 0.387 e. The Bertz CT molecular complexity index is 536. The summed E-state index contributed by atoms with van der Waals surface area (Å²) in [6.45, 7) is 0.617. The number of halogens is 2. The molecule has 0 aliphatic rings. The highest BCUT2D eigenvalue weighted by Crippen LogP contribution is 2.28. The van der Waals surface area contributed by atoms with Gasteiger partial charge < -0.3 is 19.6 Å². The maximum atomic E-state index is 12.2. The zero-order valence-corrected chi connectivity index (χ0v) is 11.9. The smallest absolute Gasteiger partial charge is 0.387 e. The van der Waals surface area contributed by atoms with E-state index in [0.717, 1.165) is 0 Å². The number of ether oxygens (including phenoxy) is 2. The summed E-state index contributed by atoms with van der Waals surface area (Å²) in [6, 6.07) is 4.26. The molecule has 1 amide bonds. The van der Waals surface area contributed by atoms with Crippen molar-refractivity contribution in [1.29, 1.82) is 0 Å². The monoisotopic (exact) mass is 314 g/mol. The van der Waals surface area contributed by atoms with E-state index in [2.05, 4.69) is 21.8 Å². The van der Waals surface area contributed by atoms with E-state index in [-0.39, 0.29) is 24.0 Å². The molecule has 0 bridgehead atoms. The molecule has 1 N–H and O–H groups in total. The van der Waals surface area contributed by atoms with Gasteiger partial charge in [-0.2, -0.15) is 8.78 Å². The van der Waals surface area contributed by atoms with Crippen LogP contribution in [0.2, 0.25) is 0 Å². The highest BCUT2D eigenvalue weighted by molar-refractivity contribution is 5.81. The molecule has 0 spiro atoms. The third kappa shape index (κ3) is 6.21. The summed E-state index contributed by atoms with van der Waals surface area (Å²) in [5, 5.41) is 6.11. The fraction of sp³-hybridized carbons (Fsp3) is 0.286. The standard InChI is InChI=1S/C14H16F2N2O4/c1-3-6-17-13(19)9-21-18-8-10-4-5-11(22-14(15)16)12(7-10)20-2/h3-5,7-8,14H,1,6,9H2,2H3,(H,17,19). The molecule has 0 aliphatic carbocycles. The molecule has 0 atom stereocenters. The van der Waals surface area contributed by atoms with Crippen molar-refractivity contribution in [2.75, 3.05) is 20.3 Å². The van der Waals surface area contributed by atoms with Crippen LogP contribution in [-0.2, 0) is 9.63 Å². The first kappa shape index (κ1) is 17.4. The van der Waals surface area contributed by atoms with Crippen molar-refractivity contribution < 1.29 is 27.9 Å². The zero-order valence-electron chi connectivity index (χ0n) is 11.9. The third-order valence-corrected chi connectivity index (χ3v) is 2.32. The molecule has 1 aromatic rings. The van der Waals surface area contributed by atoms with Crippen molar-refractivity contribution in [3.05, 3.63) is 36.4 Å². The van der Waals surface area contributed by atoms with Crippen LogP contribution in [0.3, 0.4) is 0 Å². The van der Waals surface area contributed by atoms with Crippen LogP contribution in [0.25, 0.3) is 0 Å². The van der Waals surface area contributed by atoms with Gasteiger partial charge in [-0.15, -0.1) is 6.58 Å². The highest BCUT2D eigenvalue weighted by atomic mass is 19.3. The average Bonchev–Trinajstić information content (AvgIpc) is 2.50. The number of amides is 1. The molecule has 0 heterocycles. The van der Waals surface area contributed by atoms with Crippen LogP contribution in [-0.4, -0.2) is 39.0 Å². The van der Waals surface area contributed by atoms with E-state index < -0.39 is 6.61 Å². The number of carbonyl (C=O) groups excluding carboxylic acids is 1. The lowest BCUT2D eigenvalue weighted by Crippen LogP contribution is -2.26. The van der Waals surface area contributed by atoms with Gasteiger partial charge in [-0.25, -0.2) is 0 Å². The first-order valence-electron chi connectivity index (χ1n) is 6.22. The number of hydrogen-bond acceptors (Lipinski definition) is 5. The minimum Gasteiger partial charge on any atom is -0.493 e. The van der Waals surface area contributed by atoms with Crippen LogP contribution in [0.15, 0.2) is 36.0 Å². The average molecular weight is 314 g/mol. The van der Waals surface area contributed by atoms with Crippen LogP contribution in [0, 0.1) is 0 Å². The number of benzene rings is 1. The van der Waals surface area contributed by atoms with Gasteiger partial charge >= 0.3 is 6.61 Å².